The third kappa shape index (κ3) is 2.30. The molecule has 166 valence electrons. The van der Waals surface area contributed by atoms with Gasteiger partial charge in [0.15, 0.2) is 0 Å². The first-order valence-electron chi connectivity index (χ1n) is 12.4. The van der Waals surface area contributed by atoms with E-state index in [-0.39, 0.29) is 0 Å². The first kappa shape index (κ1) is 18.9. The van der Waals surface area contributed by atoms with Crippen molar-refractivity contribution in [3.8, 4) is 11.1 Å². The fourth-order valence-electron chi connectivity index (χ4n) is 6.30. The van der Waals surface area contributed by atoms with Crippen molar-refractivity contribution in [1.82, 2.24) is 4.40 Å². The number of aromatic nitrogens is 1. The molecule has 0 radical (unpaired) electrons. The maximum absolute atomic E-state index is 2.44. The first-order chi connectivity index (χ1) is 17.8. The Morgan fingerprint density at radius 1 is 0.444 bits per heavy atom. The van der Waals surface area contributed by atoms with Crippen molar-refractivity contribution in [2.75, 3.05) is 0 Å². The van der Waals surface area contributed by atoms with E-state index in [0.717, 1.165) is 0 Å². The van der Waals surface area contributed by atoms with E-state index < -0.39 is 0 Å². The van der Waals surface area contributed by atoms with Gasteiger partial charge in [0.2, 0.25) is 0 Å². The standard InChI is InChI=1S/C34H19NS/c1-3-10-30-24(6-1)26-8-5-9-27-29-19-21(14-17-31(29)35(30)33(26)27)20-12-15-23-22(18-20)13-16-28-25-7-2-4-11-32(25)36-34(23)28/h1-19H. The second-order valence-electron chi connectivity index (χ2n) is 9.76. The number of thiophene rings is 1. The Morgan fingerprint density at radius 2 is 1.14 bits per heavy atom. The normalized spacial score (nSPS) is 12.4. The van der Waals surface area contributed by atoms with Gasteiger partial charge in [0.05, 0.1) is 16.6 Å². The molecule has 9 aromatic rings. The van der Waals surface area contributed by atoms with Gasteiger partial charge in [-0.1, -0.05) is 84.9 Å². The van der Waals surface area contributed by atoms with E-state index in [1.54, 1.807) is 0 Å². The van der Waals surface area contributed by atoms with Crippen LogP contribution < -0.4 is 0 Å². The van der Waals surface area contributed by atoms with Crippen LogP contribution in [0.1, 0.15) is 0 Å². The summed E-state index contributed by atoms with van der Waals surface area (Å²) in [4.78, 5) is 0. The van der Waals surface area contributed by atoms with Crippen molar-refractivity contribution in [1.29, 1.82) is 0 Å². The average Bonchev–Trinajstić information content (AvgIpc) is 3.59. The van der Waals surface area contributed by atoms with E-state index in [9.17, 15) is 0 Å². The van der Waals surface area contributed by atoms with Crippen molar-refractivity contribution >= 4 is 80.4 Å². The van der Waals surface area contributed by atoms with Crippen LogP contribution in [0.4, 0.5) is 0 Å². The highest BCUT2D eigenvalue weighted by atomic mass is 32.1. The van der Waals surface area contributed by atoms with Crippen LogP contribution in [0.25, 0.3) is 80.2 Å². The number of para-hydroxylation sites is 2. The van der Waals surface area contributed by atoms with Crippen LogP contribution >= 0.6 is 11.3 Å². The molecule has 0 amide bonds. The number of rotatable bonds is 1. The zero-order valence-corrected chi connectivity index (χ0v) is 20.1. The van der Waals surface area contributed by atoms with Crippen LogP contribution in [0.15, 0.2) is 115 Å². The SMILES string of the molecule is c1ccc2c(c1)sc1c3ccc(-c4ccc5c(c4)c4cccc6c7ccccc7n5c64)cc3ccc21. The van der Waals surface area contributed by atoms with Crippen LogP contribution in [0.2, 0.25) is 0 Å². The fourth-order valence-corrected chi connectivity index (χ4v) is 7.54. The summed E-state index contributed by atoms with van der Waals surface area (Å²) >= 11 is 1.90. The maximum Gasteiger partial charge on any atom is 0.0620 e. The topological polar surface area (TPSA) is 4.41 Å². The molecule has 0 saturated carbocycles. The summed E-state index contributed by atoms with van der Waals surface area (Å²) in [6.45, 7) is 0. The molecule has 0 aliphatic carbocycles. The lowest BCUT2D eigenvalue weighted by Crippen LogP contribution is -1.82. The van der Waals surface area contributed by atoms with E-state index in [1.165, 1.54) is 80.2 Å². The molecule has 0 aliphatic heterocycles. The van der Waals surface area contributed by atoms with Gasteiger partial charge in [0.1, 0.15) is 0 Å². The Balaban J connectivity index is 1.29. The van der Waals surface area contributed by atoms with E-state index in [1.807, 2.05) is 11.3 Å². The first-order valence-corrected chi connectivity index (χ1v) is 13.2. The Hall–Kier alpha value is -4.40. The summed E-state index contributed by atoms with van der Waals surface area (Å²) in [5.41, 5.74) is 6.42. The summed E-state index contributed by atoms with van der Waals surface area (Å²) in [7, 11) is 0. The molecular weight excluding hydrogens is 454 g/mol. The maximum atomic E-state index is 2.44. The molecule has 0 bridgehead atoms. The summed E-state index contributed by atoms with van der Waals surface area (Å²) in [5, 5.41) is 10.7. The molecule has 0 N–H and O–H groups in total. The Morgan fingerprint density at radius 3 is 2.08 bits per heavy atom. The predicted molar refractivity (Wildman–Crippen MR) is 157 cm³/mol. The number of hydrogen-bond acceptors (Lipinski definition) is 1. The number of hydrogen-bond donors (Lipinski definition) is 0. The van der Waals surface area contributed by atoms with Gasteiger partial charge >= 0.3 is 0 Å². The lowest BCUT2D eigenvalue weighted by atomic mass is 9.98. The van der Waals surface area contributed by atoms with Gasteiger partial charge < -0.3 is 4.40 Å². The molecule has 0 atom stereocenters. The molecule has 0 fully saturated rings. The predicted octanol–water partition coefficient (Wildman–Crippen LogP) is 10.0. The highest BCUT2D eigenvalue weighted by Gasteiger charge is 2.17. The quantitative estimate of drug-likeness (QED) is 0.223. The van der Waals surface area contributed by atoms with E-state index >= 15 is 0 Å². The summed E-state index contributed by atoms with van der Waals surface area (Å²) < 4.78 is 5.18. The van der Waals surface area contributed by atoms with Crippen molar-refractivity contribution in [3.05, 3.63) is 115 Å². The van der Waals surface area contributed by atoms with Gasteiger partial charge in [0.25, 0.3) is 0 Å². The number of fused-ring (bicyclic) bond motifs is 11. The van der Waals surface area contributed by atoms with E-state index in [4.69, 9.17) is 0 Å². The van der Waals surface area contributed by atoms with Crippen LogP contribution in [-0.2, 0) is 0 Å². The zero-order chi connectivity index (χ0) is 23.4. The zero-order valence-electron chi connectivity index (χ0n) is 19.3. The molecule has 0 aliphatic rings. The molecule has 36 heavy (non-hydrogen) atoms. The molecule has 0 unspecified atom stereocenters. The lowest BCUT2D eigenvalue weighted by Gasteiger charge is -2.07. The summed E-state index contributed by atoms with van der Waals surface area (Å²) in [6, 6.07) is 42.7. The van der Waals surface area contributed by atoms with Gasteiger partial charge in [-0.15, -0.1) is 11.3 Å². The van der Waals surface area contributed by atoms with Crippen molar-refractivity contribution in [3.63, 3.8) is 0 Å². The minimum Gasteiger partial charge on any atom is -0.308 e. The van der Waals surface area contributed by atoms with Gasteiger partial charge in [-0.05, 0) is 52.2 Å². The summed E-state index contributed by atoms with van der Waals surface area (Å²) in [6.07, 6.45) is 0. The van der Waals surface area contributed by atoms with E-state index in [0.29, 0.717) is 0 Å². The van der Waals surface area contributed by atoms with Gasteiger partial charge in [0, 0.05) is 41.7 Å². The molecule has 0 spiro atoms. The molecule has 9 rings (SSSR count). The minimum absolute atomic E-state index is 1.26. The van der Waals surface area contributed by atoms with Crippen molar-refractivity contribution < 1.29 is 0 Å². The highest BCUT2D eigenvalue weighted by Crippen LogP contribution is 2.42. The van der Waals surface area contributed by atoms with Gasteiger partial charge in [-0.3, -0.25) is 0 Å². The average molecular weight is 474 g/mol. The fraction of sp³-hybridized carbons (Fsp3) is 0. The van der Waals surface area contributed by atoms with Crippen LogP contribution in [0, 0.1) is 0 Å². The molecule has 3 aromatic heterocycles. The van der Waals surface area contributed by atoms with Gasteiger partial charge in [-0.2, -0.15) is 0 Å². The van der Waals surface area contributed by atoms with E-state index in [2.05, 4.69) is 120 Å². The second kappa shape index (κ2) is 6.63. The summed E-state index contributed by atoms with van der Waals surface area (Å²) in [5.74, 6) is 0. The third-order valence-corrected chi connectivity index (χ3v) is 9.14. The highest BCUT2D eigenvalue weighted by molar-refractivity contribution is 7.26. The molecule has 6 aromatic carbocycles. The molecule has 1 nitrogen and oxygen atoms in total. The third-order valence-electron chi connectivity index (χ3n) is 7.92. The molecule has 3 heterocycles. The van der Waals surface area contributed by atoms with Gasteiger partial charge in [-0.25, -0.2) is 0 Å². The van der Waals surface area contributed by atoms with Crippen LogP contribution in [0.5, 0.6) is 0 Å². The Labute approximate surface area is 210 Å². The minimum atomic E-state index is 1.26. The smallest absolute Gasteiger partial charge is 0.0620 e. The van der Waals surface area contributed by atoms with Crippen LogP contribution in [-0.4, -0.2) is 4.40 Å². The number of nitrogens with zero attached hydrogens (tertiary/aromatic N) is 1. The number of benzene rings is 6. The van der Waals surface area contributed by atoms with Crippen molar-refractivity contribution in [2.45, 2.75) is 0 Å². The second-order valence-corrected chi connectivity index (χ2v) is 10.8. The molecule has 2 heteroatoms. The monoisotopic (exact) mass is 473 g/mol. The lowest BCUT2D eigenvalue weighted by molar-refractivity contribution is 1.37. The van der Waals surface area contributed by atoms with Crippen molar-refractivity contribution in [2.24, 2.45) is 0 Å². The van der Waals surface area contributed by atoms with Crippen LogP contribution in [0.3, 0.4) is 0 Å². The Bertz CT molecular complexity index is 2310. The Kier molecular flexibility index (Phi) is 3.47. The molecule has 0 saturated heterocycles. The molecular formula is C34H19NS. The largest absolute Gasteiger partial charge is 0.308 e.